The second-order valence-corrected chi connectivity index (χ2v) is 3.09. The Kier molecular flexibility index (Phi) is 3.16. The van der Waals surface area contributed by atoms with Gasteiger partial charge in [0.25, 0.3) is 0 Å². The summed E-state index contributed by atoms with van der Waals surface area (Å²) in [5.74, 6) is 0. The van der Waals surface area contributed by atoms with Gasteiger partial charge in [-0.2, -0.15) is 0 Å². The van der Waals surface area contributed by atoms with Crippen molar-refractivity contribution >= 4 is 0 Å². The van der Waals surface area contributed by atoms with Gasteiger partial charge in [0.15, 0.2) is 0 Å². The van der Waals surface area contributed by atoms with E-state index in [-0.39, 0.29) is 0 Å². The van der Waals surface area contributed by atoms with Crippen LogP contribution in [0.3, 0.4) is 0 Å². The lowest BCUT2D eigenvalue weighted by Crippen LogP contribution is -2.49. The van der Waals surface area contributed by atoms with Gasteiger partial charge in [-0.05, 0) is 19.9 Å². The SMILES string of the molecule is CCCN1CCNCC1C. The molecule has 1 unspecified atom stereocenters. The first-order valence-electron chi connectivity index (χ1n) is 4.29. The summed E-state index contributed by atoms with van der Waals surface area (Å²) >= 11 is 0. The molecule has 0 aromatic heterocycles. The summed E-state index contributed by atoms with van der Waals surface area (Å²) in [5, 5.41) is 3.38. The summed E-state index contributed by atoms with van der Waals surface area (Å²) < 4.78 is 0. The molecule has 1 aliphatic heterocycles. The summed E-state index contributed by atoms with van der Waals surface area (Å²) in [6.45, 7) is 9.37. The van der Waals surface area contributed by atoms with Crippen LogP contribution in [0.5, 0.6) is 0 Å². The summed E-state index contributed by atoms with van der Waals surface area (Å²) in [6, 6.07) is 0.744. The lowest BCUT2D eigenvalue weighted by Gasteiger charge is -2.33. The Morgan fingerprint density at radius 2 is 2.40 bits per heavy atom. The van der Waals surface area contributed by atoms with Gasteiger partial charge in [-0.1, -0.05) is 6.92 Å². The van der Waals surface area contributed by atoms with Crippen molar-refractivity contribution in [1.82, 2.24) is 10.2 Å². The molecule has 2 nitrogen and oxygen atoms in total. The van der Waals surface area contributed by atoms with Crippen LogP contribution in [-0.2, 0) is 0 Å². The average Bonchev–Trinajstić information content (AvgIpc) is 1.94. The number of nitrogens with one attached hydrogen (secondary N) is 1. The zero-order chi connectivity index (χ0) is 7.40. The molecule has 60 valence electrons. The van der Waals surface area contributed by atoms with E-state index in [2.05, 4.69) is 24.1 Å². The quantitative estimate of drug-likeness (QED) is 0.610. The van der Waals surface area contributed by atoms with Gasteiger partial charge in [0.2, 0.25) is 0 Å². The van der Waals surface area contributed by atoms with E-state index in [1.807, 2.05) is 0 Å². The largest absolute Gasteiger partial charge is 0.314 e. The third-order valence-corrected chi connectivity index (χ3v) is 2.15. The molecule has 1 aliphatic rings. The van der Waals surface area contributed by atoms with Gasteiger partial charge in [-0.15, -0.1) is 0 Å². The molecular formula is C8H18N2. The topological polar surface area (TPSA) is 15.3 Å². The van der Waals surface area contributed by atoms with Crippen LogP contribution in [-0.4, -0.2) is 37.1 Å². The highest BCUT2D eigenvalue weighted by atomic mass is 15.2. The highest BCUT2D eigenvalue weighted by molar-refractivity contribution is 4.74. The van der Waals surface area contributed by atoms with E-state index in [1.165, 1.54) is 32.6 Å². The van der Waals surface area contributed by atoms with Crippen molar-refractivity contribution in [1.29, 1.82) is 0 Å². The first-order valence-corrected chi connectivity index (χ1v) is 4.29. The van der Waals surface area contributed by atoms with E-state index in [4.69, 9.17) is 0 Å². The van der Waals surface area contributed by atoms with Crippen molar-refractivity contribution in [2.45, 2.75) is 26.3 Å². The van der Waals surface area contributed by atoms with Gasteiger partial charge in [-0.25, -0.2) is 0 Å². The van der Waals surface area contributed by atoms with Gasteiger partial charge >= 0.3 is 0 Å². The third kappa shape index (κ3) is 1.96. The molecule has 0 aliphatic carbocycles. The normalized spacial score (nSPS) is 28.8. The number of piperazine rings is 1. The van der Waals surface area contributed by atoms with Crippen LogP contribution in [0.25, 0.3) is 0 Å². The van der Waals surface area contributed by atoms with Crippen molar-refractivity contribution in [3.63, 3.8) is 0 Å². The second-order valence-electron chi connectivity index (χ2n) is 3.09. The zero-order valence-electron chi connectivity index (χ0n) is 7.06. The van der Waals surface area contributed by atoms with E-state index in [0.29, 0.717) is 0 Å². The minimum absolute atomic E-state index is 0.744. The molecule has 0 radical (unpaired) electrons. The zero-order valence-corrected chi connectivity index (χ0v) is 7.06. The van der Waals surface area contributed by atoms with Crippen LogP contribution in [0.1, 0.15) is 20.3 Å². The highest BCUT2D eigenvalue weighted by Crippen LogP contribution is 2.01. The van der Waals surface area contributed by atoms with Crippen LogP contribution in [0, 0.1) is 0 Å². The van der Waals surface area contributed by atoms with Gasteiger partial charge in [0, 0.05) is 25.7 Å². The van der Waals surface area contributed by atoms with E-state index in [1.54, 1.807) is 0 Å². The first kappa shape index (κ1) is 8.02. The molecule has 0 amide bonds. The molecule has 10 heavy (non-hydrogen) atoms. The first-order chi connectivity index (χ1) is 4.84. The minimum atomic E-state index is 0.744. The van der Waals surface area contributed by atoms with Gasteiger partial charge in [-0.3, -0.25) is 4.90 Å². The van der Waals surface area contributed by atoms with E-state index in [9.17, 15) is 0 Å². The van der Waals surface area contributed by atoms with Crippen LogP contribution >= 0.6 is 0 Å². The molecule has 1 rings (SSSR count). The number of nitrogens with zero attached hydrogens (tertiary/aromatic N) is 1. The fourth-order valence-electron chi connectivity index (χ4n) is 1.50. The van der Waals surface area contributed by atoms with Crippen molar-refractivity contribution in [3.05, 3.63) is 0 Å². The van der Waals surface area contributed by atoms with Crippen molar-refractivity contribution in [2.75, 3.05) is 26.2 Å². The maximum atomic E-state index is 3.38. The molecule has 0 saturated carbocycles. The van der Waals surface area contributed by atoms with Crippen LogP contribution in [0.2, 0.25) is 0 Å². The Morgan fingerprint density at radius 3 is 3.00 bits per heavy atom. The predicted molar refractivity (Wildman–Crippen MR) is 44.2 cm³/mol. The van der Waals surface area contributed by atoms with Crippen molar-refractivity contribution in [2.24, 2.45) is 0 Å². The number of rotatable bonds is 2. The fraction of sp³-hybridized carbons (Fsp3) is 1.00. The van der Waals surface area contributed by atoms with Gasteiger partial charge in [0.1, 0.15) is 0 Å². The van der Waals surface area contributed by atoms with Crippen LogP contribution in [0.4, 0.5) is 0 Å². The fourth-order valence-corrected chi connectivity index (χ4v) is 1.50. The lowest BCUT2D eigenvalue weighted by atomic mass is 10.2. The summed E-state index contributed by atoms with van der Waals surface area (Å²) in [6.07, 6.45) is 1.28. The molecular weight excluding hydrogens is 124 g/mol. The molecule has 1 fully saturated rings. The highest BCUT2D eigenvalue weighted by Gasteiger charge is 2.15. The second kappa shape index (κ2) is 3.94. The third-order valence-electron chi connectivity index (χ3n) is 2.15. The molecule has 1 saturated heterocycles. The smallest absolute Gasteiger partial charge is 0.0192 e. The summed E-state index contributed by atoms with van der Waals surface area (Å²) in [5.41, 5.74) is 0. The molecule has 1 heterocycles. The molecule has 0 aromatic rings. The molecule has 0 bridgehead atoms. The standard InChI is InChI=1S/C8H18N2/c1-3-5-10-6-4-9-7-8(10)2/h8-9H,3-7H2,1-2H3. The molecule has 1 N–H and O–H groups in total. The average molecular weight is 142 g/mol. The minimum Gasteiger partial charge on any atom is -0.314 e. The number of hydrogen-bond donors (Lipinski definition) is 1. The van der Waals surface area contributed by atoms with E-state index >= 15 is 0 Å². The Bertz CT molecular complexity index is 91.3. The number of hydrogen-bond acceptors (Lipinski definition) is 2. The Morgan fingerprint density at radius 1 is 1.60 bits per heavy atom. The lowest BCUT2D eigenvalue weighted by molar-refractivity contribution is 0.174. The Labute approximate surface area is 63.6 Å². The van der Waals surface area contributed by atoms with Crippen molar-refractivity contribution in [3.8, 4) is 0 Å². The maximum Gasteiger partial charge on any atom is 0.0192 e. The van der Waals surface area contributed by atoms with E-state index in [0.717, 1.165) is 6.04 Å². The summed E-state index contributed by atoms with van der Waals surface area (Å²) in [7, 11) is 0. The van der Waals surface area contributed by atoms with E-state index < -0.39 is 0 Å². The molecule has 0 aromatic carbocycles. The maximum absolute atomic E-state index is 3.38. The van der Waals surface area contributed by atoms with Gasteiger partial charge < -0.3 is 5.32 Å². The molecule has 1 atom stereocenters. The van der Waals surface area contributed by atoms with Gasteiger partial charge in [0.05, 0.1) is 0 Å². The Hall–Kier alpha value is -0.0800. The predicted octanol–water partition coefficient (Wildman–Crippen LogP) is 0.690. The molecule has 0 spiro atoms. The Balaban J connectivity index is 2.25. The van der Waals surface area contributed by atoms with Crippen LogP contribution in [0.15, 0.2) is 0 Å². The monoisotopic (exact) mass is 142 g/mol. The summed E-state index contributed by atoms with van der Waals surface area (Å²) in [4.78, 5) is 2.55. The van der Waals surface area contributed by atoms with Crippen LogP contribution < -0.4 is 5.32 Å². The van der Waals surface area contributed by atoms with Crippen molar-refractivity contribution < 1.29 is 0 Å². The molecule has 2 heteroatoms.